The van der Waals surface area contributed by atoms with Gasteiger partial charge in [0.1, 0.15) is 11.4 Å². The van der Waals surface area contributed by atoms with Crippen molar-refractivity contribution in [3.05, 3.63) is 35.4 Å². The van der Waals surface area contributed by atoms with Gasteiger partial charge in [0.15, 0.2) is 0 Å². The minimum Gasteiger partial charge on any atom is -0.462 e. The van der Waals surface area contributed by atoms with Crippen molar-refractivity contribution in [2.24, 2.45) is 0 Å². The second-order valence-electron chi connectivity index (χ2n) is 7.59. The molecule has 0 aliphatic carbocycles. The van der Waals surface area contributed by atoms with Crippen molar-refractivity contribution >= 4 is 35.1 Å². The Morgan fingerprint density at radius 1 is 0.700 bits per heavy atom. The van der Waals surface area contributed by atoms with Gasteiger partial charge in [-0.05, 0) is 30.7 Å². The van der Waals surface area contributed by atoms with Gasteiger partial charge in [-0.25, -0.2) is 9.59 Å². The molecule has 0 heterocycles. The average molecular weight is 459 g/mol. The minimum atomic E-state index is -0.761. The van der Waals surface area contributed by atoms with Crippen LogP contribution in [0.15, 0.2) is 24.3 Å². The standard InChI is InChI=1S/C24H36Cl2O4/c1-2-3-4-5-6-7-8-9-10-11-12-13-18-29-23(27)20-14-16-21(17-15-20)24(28)30-19-22(25)26/h14-17,22H,2-13,18-19H2,1H3. The quantitative estimate of drug-likeness (QED) is 0.137. The van der Waals surface area contributed by atoms with E-state index < -0.39 is 10.8 Å². The molecule has 0 N–H and O–H groups in total. The molecule has 0 radical (unpaired) electrons. The summed E-state index contributed by atoms with van der Waals surface area (Å²) in [6, 6.07) is 6.17. The van der Waals surface area contributed by atoms with E-state index in [0.717, 1.165) is 12.8 Å². The number of esters is 2. The molecular weight excluding hydrogens is 423 g/mol. The third kappa shape index (κ3) is 13.1. The number of carbonyl (C=O) groups excluding carboxylic acids is 2. The number of carbonyl (C=O) groups is 2. The maximum atomic E-state index is 12.1. The number of rotatable bonds is 17. The van der Waals surface area contributed by atoms with Gasteiger partial charge in [-0.15, -0.1) is 23.2 Å². The first-order valence-electron chi connectivity index (χ1n) is 11.3. The van der Waals surface area contributed by atoms with Gasteiger partial charge in [0.2, 0.25) is 0 Å². The minimum absolute atomic E-state index is 0.0786. The van der Waals surface area contributed by atoms with Crippen LogP contribution in [0.25, 0.3) is 0 Å². The van der Waals surface area contributed by atoms with E-state index in [1.54, 1.807) is 12.1 Å². The number of hydrogen-bond donors (Lipinski definition) is 0. The molecule has 0 aliphatic heterocycles. The zero-order valence-electron chi connectivity index (χ0n) is 18.2. The van der Waals surface area contributed by atoms with E-state index in [1.807, 2.05) is 0 Å². The van der Waals surface area contributed by atoms with E-state index in [0.29, 0.717) is 17.7 Å². The van der Waals surface area contributed by atoms with Crippen molar-refractivity contribution in [3.63, 3.8) is 0 Å². The maximum Gasteiger partial charge on any atom is 0.338 e. The lowest BCUT2D eigenvalue weighted by molar-refractivity contribution is 0.0490. The van der Waals surface area contributed by atoms with Gasteiger partial charge in [0.25, 0.3) is 0 Å². The Hall–Kier alpha value is -1.26. The first-order valence-corrected chi connectivity index (χ1v) is 12.1. The van der Waals surface area contributed by atoms with Crippen molar-refractivity contribution in [1.82, 2.24) is 0 Å². The topological polar surface area (TPSA) is 52.6 Å². The second kappa shape index (κ2) is 17.4. The number of unbranched alkanes of at least 4 members (excludes halogenated alkanes) is 11. The van der Waals surface area contributed by atoms with Crippen molar-refractivity contribution < 1.29 is 19.1 Å². The first kappa shape index (κ1) is 26.8. The Labute approximate surface area is 191 Å². The Morgan fingerprint density at radius 3 is 1.53 bits per heavy atom. The number of hydrogen-bond acceptors (Lipinski definition) is 4. The summed E-state index contributed by atoms with van der Waals surface area (Å²) in [4.78, 5) is 23.1. The van der Waals surface area contributed by atoms with Crippen molar-refractivity contribution in [2.45, 2.75) is 88.8 Å². The van der Waals surface area contributed by atoms with Crippen LogP contribution in [0.4, 0.5) is 0 Å². The molecule has 0 aliphatic rings. The fraction of sp³-hybridized carbons (Fsp3) is 0.667. The third-order valence-corrected chi connectivity index (χ3v) is 5.18. The Bertz CT molecular complexity index is 587. The molecule has 4 nitrogen and oxygen atoms in total. The monoisotopic (exact) mass is 458 g/mol. The van der Waals surface area contributed by atoms with Crippen LogP contribution in [-0.4, -0.2) is 30.0 Å². The van der Waals surface area contributed by atoms with E-state index in [1.165, 1.54) is 76.3 Å². The molecular formula is C24H36Cl2O4. The van der Waals surface area contributed by atoms with Crippen LogP contribution in [0.2, 0.25) is 0 Å². The van der Waals surface area contributed by atoms with Crippen LogP contribution < -0.4 is 0 Å². The molecule has 1 rings (SSSR count). The number of benzene rings is 1. The highest BCUT2D eigenvalue weighted by molar-refractivity contribution is 6.44. The molecule has 0 bridgehead atoms. The smallest absolute Gasteiger partial charge is 0.338 e. The molecule has 0 spiro atoms. The highest BCUT2D eigenvalue weighted by Crippen LogP contribution is 2.13. The summed E-state index contributed by atoms with van der Waals surface area (Å²) in [7, 11) is 0. The Balaban J connectivity index is 2.06. The molecule has 0 amide bonds. The number of halogens is 2. The van der Waals surface area contributed by atoms with Crippen LogP contribution in [0.1, 0.15) is 105 Å². The first-order chi connectivity index (χ1) is 14.5. The number of ether oxygens (including phenoxy) is 2. The van der Waals surface area contributed by atoms with Gasteiger partial charge in [0, 0.05) is 0 Å². The lowest BCUT2D eigenvalue weighted by Gasteiger charge is -2.07. The van der Waals surface area contributed by atoms with E-state index in [2.05, 4.69) is 6.92 Å². The van der Waals surface area contributed by atoms with E-state index in [-0.39, 0.29) is 12.6 Å². The summed E-state index contributed by atoms with van der Waals surface area (Å²) in [5.74, 6) is -0.905. The van der Waals surface area contributed by atoms with Crippen molar-refractivity contribution in [2.75, 3.05) is 13.2 Å². The molecule has 0 unspecified atom stereocenters. The fourth-order valence-electron chi connectivity index (χ4n) is 3.16. The van der Waals surface area contributed by atoms with E-state index in [4.69, 9.17) is 32.7 Å². The van der Waals surface area contributed by atoms with Crippen molar-refractivity contribution in [1.29, 1.82) is 0 Å². The molecule has 1 aromatic carbocycles. The normalized spacial score (nSPS) is 10.9. The largest absolute Gasteiger partial charge is 0.462 e. The Kier molecular flexibility index (Phi) is 15.6. The second-order valence-corrected chi connectivity index (χ2v) is 8.87. The zero-order chi connectivity index (χ0) is 22.0. The molecule has 6 heteroatoms. The summed E-state index contributed by atoms with van der Waals surface area (Å²) in [6.45, 7) is 2.59. The van der Waals surface area contributed by atoms with Crippen LogP contribution in [-0.2, 0) is 9.47 Å². The van der Waals surface area contributed by atoms with Gasteiger partial charge in [-0.1, -0.05) is 77.6 Å². The summed E-state index contributed by atoms with van der Waals surface area (Å²) in [5.41, 5.74) is 0.750. The van der Waals surface area contributed by atoms with Gasteiger partial charge < -0.3 is 9.47 Å². The molecule has 0 aromatic heterocycles. The van der Waals surface area contributed by atoms with Gasteiger partial charge >= 0.3 is 11.9 Å². The molecule has 0 saturated carbocycles. The zero-order valence-corrected chi connectivity index (χ0v) is 19.7. The highest BCUT2D eigenvalue weighted by Gasteiger charge is 2.12. The lowest BCUT2D eigenvalue weighted by Crippen LogP contribution is -2.11. The van der Waals surface area contributed by atoms with Crippen molar-refractivity contribution in [3.8, 4) is 0 Å². The van der Waals surface area contributed by atoms with E-state index >= 15 is 0 Å². The number of alkyl halides is 2. The van der Waals surface area contributed by atoms with Gasteiger partial charge in [0.05, 0.1) is 17.7 Å². The van der Waals surface area contributed by atoms with Crippen LogP contribution in [0.5, 0.6) is 0 Å². The van der Waals surface area contributed by atoms with Gasteiger partial charge in [-0.3, -0.25) is 0 Å². The fourth-order valence-corrected chi connectivity index (χ4v) is 3.28. The molecule has 30 heavy (non-hydrogen) atoms. The van der Waals surface area contributed by atoms with Crippen LogP contribution >= 0.6 is 23.2 Å². The summed E-state index contributed by atoms with van der Waals surface area (Å²) in [5, 5.41) is 0. The molecule has 0 fully saturated rings. The predicted molar refractivity (Wildman–Crippen MR) is 124 cm³/mol. The van der Waals surface area contributed by atoms with Gasteiger partial charge in [-0.2, -0.15) is 0 Å². The molecule has 1 aromatic rings. The van der Waals surface area contributed by atoms with Crippen LogP contribution in [0, 0.1) is 0 Å². The summed E-state index contributed by atoms with van der Waals surface area (Å²) < 4.78 is 10.2. The summed E-state index contributed by atoms with van der Waals surface area (Å²) in [6.07, 6.45) is 15.2. The maximum absolute atomic E-state index is 12.1. The van der Waals surface area contributed by atoms with E-state index in [9.17, 15) is 9.59 Å². The average Bonchev–Trinajstić information content (AvgIpc) is 2.75. The highest BCUT2D eigenvalue weighted by atomic mass is 35.5. The SMILES string of the molecule is CCCCCCCCCCCCCCOC(=O)c1ccc(C(=O)OCC(Cl)Cl)cc1. The summed E-state index contributed by atoms with van der Waals surface area (Å²) >= 11 is 11.1. The predicted octanol–water partition coefficient (Wildman–Crippen LogP) is 7.51. The molecule has 0 atom stereocenters. The Morgan fingerprint density at radius 2 is 1.10 bits per heavy atom. The van der Waals surface area contributed by atoms with Crippen LogP contribution in [0.3, 0.4) is 0 Å². The lowest BCUT2D eigenvalue weighted by atomic mass is 10.1. The molecule has 170 valence electrons. The third-order valence-electron chi connectivity index (χ3n) is 4.93. The molecule has 0 saturated heterocycles.